The lowest BCUT2D eigenvalue weighted by molar-refractivity contribution is -0.267. The lowest BCUT2D eigenvalue weighted by Crippen LogP contribution is -2.54. The van der Waals surface area contributed by atoms with Crippen LogP contribution in [0.25, 0.3) is 11.3 Å². The normalized spacial score (nSPS) is 23.3. The van der Waals surface area contributed by atoms with Gasteiger partial charge in [0.2, 0.25) is 5.79 Å². The average Bonchev–Trinajstić information content (AvgIpc) is 3.30. The number of imidazole rings is 1. The van der Waals surface area contributed by atoms with Gasteiger partial charge >= 0.3 is 12.1 Å². The second-order valence-electron chi connectivity index (χ2n) is 10.6. The number of alkyl halides is 3. The van der Waals surface area contributed by atoms with Gasteiger partial charge in [-0.25, -0.2) is 9.78 Å². The Morgan fingerprint density at radius 3 is 2.46 bits per heavy atom. The Bertz CT molecular complexity index is 1380. The molecule has 2 fully saturated rings. The van der Waals surface area contributed by atoms with Crippen molar-refractivity contribution in [2.24, 2.45) is 0 Å². The molecule has 1 aliphatic heterocycles. The Labute approximate surface area is 236 Å². The van der Waals surface area contributed by atoms with E-state index in [9.17, 15) is 27.9 Å². The van der Waals surface area contributed by atoms with Gasteiger partial charge < -0.3 is 24.6 Å². The fourth-order valence-corrected chi connectivity index (χ4v) is 5.96. The third-order valence-corrected chi connectivity index (χ3v) is 7.86. The minimum Gasteiger partial charge on any atom is -0.424 e. The third-order valence-electron chi connectivity index (χ3n) is 7.86. The van der Waals surface area contributed by atoms with E-state index < -0.39 is 24.0 Å². The maximum absolute atomic E-state index is 14.2. The fraction of sp³-hybridized carbons (Fsp3) is 0.433. The van der Waals surface area contributed by atoms with Crippen molar-refractivity contribution in [3.8, 4) is 11.3 Å². The minimum atomic E-state index is -5.26. The van der Waals surface area contributed by atoms with E-state index in [1.54, 1.807) is 40.7 Å². The van der Waals surface area contributed by atoms with Crippen LogP contribution in [0.5, 0.6) is 0 Å². The number of carbonyl (C=O) groups is 2. The molecule has 218 valence electrons. The average molecular weight is 571 g/mol. The van der Waals surface area contributed by atoms with Crippen LogP contribution in [0.4, 0.5) is 13.2 Å². The SMILES string of the molecule is Cc1nc(C(=O)N2CCNC[C@H]2Cc2ccccc2)c(-c2ccccc2)n1C1CCCCC1(O)OC(=O)C(F)(F)F. The molecule has 1 saturated carbocycles. The van der Waals surface area contributed by atoms with E-state index in [1.165, 1.54) is 0 Å². The number of hydrogen-bond donors (Lipinski definition) is 2. The van der Waals surface area contributed by atoms with Crippen molar-refractivity contribution < 1.29 is 32.6 Å². The highest BCUT2D eigenvalue weighted by Crippen LogP contribution is 2.43. The van der Waals surface area contributed by atoms with Crippen molar-refractivity contribution >= 4 is 11.9 Å². The van der Waals surface area contributed by atoms with Crippen LogP contribution in [0.15, 0.2) is 60.7 Å². The molecule has 2 heterocycles. The maximum Gasteiger partial charge on any atom is 0.491 e. The van der Waals surface area contributed by atoms with Crippen molar-refractivity contribution in [1.29, 1.82) is 0 Å². The van der Waals surface area contributed by atoms with Gasteiger partial charge in [0.1, 0.15) is 11.9 Å². The molecule has 1 amide bonds. The van der Waals surface area contributed by atoms with Crippen molar-refractivity contribution in [1.82, 2.24) is 19.8 Å². The molecule has 1 aliphatic carbocycles. The zero-order valence-electron chi connectivity index (χ0n) is 22.7. The van der Waals surface area contributed by atoms with E-state index in [0.29, 0.717) is 56.0 Å². The van der Waals surface area contributed by atoms with E-state index >= 15 is 0 Å². The highest BCUT2D eigenvalue weighted by molar-refractivity contribution is 5.99. The van der Waals surface area contributed by atoms with Crippen LogP contribution in [-0.4, -0.2) is 69.1 Å². The lowest BCUT2D eigenvalue weighted by Gasteiger charge is -2.40. The van der Waals surface area contributed by atoms with E-state index in [0.717, 1.165) is 5.56 Å². The third kappa shape index (κ3) is 6.01. The van der Waals surface area contributed by atoms with Gasteiger partial charge in [-0.1, -0.05) is 67.1 Å². The number of aliphatic hydroxyl groups is 1. The molecule has 2 N–H and O–H groups in total. The predicted octanol–water partition coefficient (Wildman–Crippen LogP) is 4.42. The number of amides is 1. The smallest absolute Gasteiger partial charge is 0.424 e. The molecule has 41 heavy (non-hydrogen) atoms. The molecule has 5 rings (SSSR count). The van der Waals surface area contributed by atoms with Gasteiger partial charge in [-0.2, -0.15) is 13.2 Å². The van der Waals surface area contributed by atoms with E-state index in [4.69, 9.17) is 4.74 Å². The van der Waals surface area contributed by atoms with E-state index in [1.807, 2.05) is 36.4 Å². The largest absolute Gasteiger partial charge is 0.491 e. The topological polar surface area (TPSA) is 96.7 Å². The number of hydrogen-bond acceptors (Lipinski definition) is 6. The highest BCUT2D eigenvalue weighted by Gasteiger charge is 2.51. The standard InChI is InChI=1S/C30H33F3N4O4/c1-20-35-25(27(38)36-17-16-34-19-23(36)18-21-10-4-2-5-11-21)26(22-12-6-3-7-13-22)37(20)24-14-8-9-15-29(24,40)41-28(39)30(31,32)33/h2-7,10-13,23-24,34,40H,8-9,14-19H2,1H3/t23-,24?,29?/m1/s1. The summed E-state index contributed by atoms with van der Waals surface area (Å²) >= 11 is 0. The summed E-state index contributed by atoms with van der Waals surface area (Å²) in [6, 6.07) is 17.6. The number of rotatable bonds is 6. The Hall–Kier alpha value is -3.70. The van der Waals surface area contributed by atoms with Gasteiger partial charge in [0.15, 0.2) is 5.69 Å². The number of carbonyl (C=O) groups excluding carboxylic acids is 2. The van der Waals surface area contributed by atoms with Crippen LogP contribution in [0.3, 0.4) is 0 Å². The summed E-state index contributed by atoms with van der Waals surface area (Å²) in [6.45, 7) is 3.29. The summed E-state index contributed by atoms with van der Waals surface area (Å²) in [5.41, 5.74) is 2.21. The zero-order chi connectivity index (χ0) is 29.2. The van der Waals surface area contributed by atoms with Crippen molar-refractivity contribution in [3.63, 3.8) is 0 Å². The predicted molar refractivity (Wildman–Crippen MR) is 145 cm³/mol. The first-order valence-electron chi connectivity index (χ1n) is 13.8. The summed E-state index contributed by atoms with van der Waals surface area (Å²) in [6.07, 6.45) is -3.61. The van der Waals surface area contributed by atoms with E-state index in [2.05, 4.69) is 10.3 Å². The van der Waals surface area contributed by atoms with Gasteiger partial charge in [0.25, 0.3) is 5.91 Å². The summed E-state index contributed by atoms with van der Waals surface area (Å²) in [4.78, 5) is 32.5. The van der Waals surface area contributed by atoms with Crippen molar-refractivity contribution in [2.75, 3.05) is 19.6 Å². The maximum atomic E-state index is 14.2. The molecule has 1 aromatic heterocycles. The van der Waals surface area contributed by atoms with Gasteiger partial charge in [-0.3, -0.25) is 4.79 Å². The number of aromatic nitrogens is 2. The number of esters is 1. The summed E-state index contributed by atoms with van der Waals surface area (Å²) in [5, 5.41) is 14.8. The Morgan fingerprint density at radius 1 is 1.10 bits per heavy atom. The van der Waals surface area contributed by atoms with Crippen LogP contribution in [0.1, 0.15) is 53.6 Å². The first-order valence-corrected chi connectivity index (χ1v) is 13.8. The molecule has 2 aliphatic rings. The molecule has 3 aromatic rings. The molecule has 2 aromatic carbocycles. The molecule has 1 saturated heterocycles. The molecule has 11 heteroatoms. The molecular formula is C30H33F3N4O4. The number of nitrogens with one attached hydrogen (secondary N) is 1. The van der Waals surface area contributed by atoms with Gasteiger partial charge in [-0.05, 0) is 31.7 Å². The minimum absolute atomic E-state index is 0.142. The Kier molecular flexibility index (Phi) is 8.19. The van der Waals surface area contributed by atoms with Crippen LogP contribution >= 0.6 is 0 Å². The number of aryl methyl sites for hydroxylation is 1. The molecule has 8 nitrogen and oxygen atoms in total. The molecule has 0 spiro atoms. The zero-order valence-corrected chi connectivity index (χ0v) is 22.7. The second kappa shape index (κ2) is 11.7. The number of nitrogens with zero attached hydrogens (tertiary/aromatic N) is 3. The number of benzene rings is 2. The summed E-state index contributed by atoms with van der Waals surface area (Å²) in [5.74, 6) is -4.85. The van der Waals surface area contributed by atoms with Gasteiger partial charge in [0, 0.05) is 37.7 Å². The van der Waals surface area contributed by atoms with Crippen molar-refractivity contribution in [2.45, 2.75) is 63.1 Å². The first kappa shape index (κ1) is 28.8. The first-order chi connectivity index (χ1) is 19.6. The summed E-state index contributed by atoms with van der Waals surface area (Å²) < 4.78 is 45.9. The number of piperazine rings is 1. The Morgan fingerprint density at radius 2 is 1.78 bits per heavy atom. The monoisotopic (exact) mass is 570 g/mol. The van der Waals surface area contributed by atoms with E-state index in [-0.39, 0.29) is 30.5 Å². The quantitative estimate of drug-likeness (QED) is 0.337. The van der Waals surface area contributed by atoms with Crippen molar-refractivity contribution in [3.05, 3.63) is 77.7 Å². The molecule has 2 unspecified atom stereocenters. The molecule has 3 atom stereocenters. The van der Waals surface area contributed by atoms with Gasteiger partial charge in [-0.15, -0.1) is 0 Å². The van der Waals surface area contributed by atoms with Crippen LogP contribution < -0.4 is 5.32 Å². The number of ether oxygens (including phenoxy) is 1. The van der Waals surface area contributed by atoms with Crippen LogP contribution in [0.2, 0.25) is 0 Å². The second-order valence-corrected chi connectivity index (χ2v) is 10.6. The molecular weight excluding hydrogens is 537 g/mol. The van der Waals surface area contributed by atoms with Crippen LogP contribution in [-0.2, 0) is 16.0 Å². The molecule has 0 radical (unpaired) electrons. The highest BCUT2D eigenvalue weighted by atomic mass is 19.4. The number of halogens is 3. The van der Waals surface area contributed by atoms with Gasteiger partial charge in [0.05, 0.1) is 5.69 Å². The van der Waals surface area contributed by atoms with Crippen LogP contribution in [0, 0.1) is 6.92 Å². The Balaban J connectivity index is 1.57. The summed E-state index contributed by atoms with van der Waals surface area (Å²) in [7, 11) is 0. The lowest BCUT2D eigenvalue weighted by atomic mass is 9.88. The fourth-order valence-electron chi connectivity index (χ4n) is 5.96. The molecule has 0 bridgehead atoms.